The summed E-state index contributed by atoms with van der Waals surface area (Å²) in [7, 11) is 0. The maximum Gasteiger partial charge on any atom is 0.308 e. The highest BCUT2D eigenvalue weighted by Crippen LogP contribution is 2.40. The minimum Gasteiger partial charge on any atom is -0.481 e. The first-order valence-corrected chi connectivity index (χ1v) is 6.26. The standard InChI is InChI=1S/C14H17NO2/c1-9-3-2-4-12-10(9)5-6-13-11(14(16)17)7-8-15(12)13/h2-4,11,13H,5-8H2,1H3,(H,16,17). The summed E-state index contributed by atoms with van der Waals surface area (Å²) in [6.45, 7) is 3.03. The molecule has 2 unspecified atom stereocenters. The van der Waals surface area contributed by atoms with Crippen LogP contribution in [0.3, 0.4) is 0 Å². The molecule has 0 bridgehead atoms. The molecular formula is C14H17NO2. The maximum absolute atomic E-state index is 11.2. The number of rotatable bonds is 1. The molecule has 2 aliphatic rings. The lowest BCUT2D eigenvalue weighted by atomic mass is 9.89. The average molecular weight is 231 g/mol. The molecule has 1 fully saturated rings. The number of fused-ring (bicyclic) bond motifs is 3. The van der Waals surface area contributed by atoms with Gasteiger partial charge in [0, 0.05) is 18.3 Å². The molecule has 2 aliphatic heterocycles. The monoisotopic (exact) mass is 231 g/mol. The SMILES string of the molecule is Cc1cccc2c1CCC1C(C(=O)O)CCN21. The fraction of sp³-hybridized carbons (Fsp3) is 0.500. The van der Waals surface area contributed by atoms with Crippen molar-refractivity contribution in [2.45, 2.75) is 32.2 Å². The molecular weight excluding hydrogens is 214 g/mol. The topological polar surface area (TPSA) is 40.5 Å². The molecule has 0 radical (unpaired) electrons. The van der Waals surface area contributed by atoms with Crippen molar-refractivity contribution in [3.63, 3.8) is 0 Å². The van der Waals surface area contributed by atoms with Gasteiger partial charge in [0.1, 0.15) is 0 Å². The van der Waals surface area contributed by atoms with Crippen molar-refractivity contribution in [1.82, 2.24) is 0 Å². The number of aryl methyl sites for hydroxylation is 1. The van der Waals surface area contributed by atoms with E-state index in [1.54, 1.807) is 0 Å². The van der Waals surface area contributed by atoms with Gasteiger partial charge in [0.25, 0.3) is 0 Å². The molecule has 3 nitrogen and oxygen atoms in total. The Bertz CT molecular complexity index is 469. The van der Waals surface area contributed by atoms with Crippen LogP contribution < -0.4 is 4.90 Å². The summed E-state index contributed by atoms with van der Waals surface area (Å²) >= 11 is 0. The second kappa shape index (κ2) is 3.76. The smallest absolute Gasteiger partial charge is 0.308 e. The molecule has 0 amide bonds. The van der Waals surface area contributed by atoms with Crippen molar-refractivity contribution >= 4 is 11.7 Å². The number of carbonyl (C=O) groups is 1. The Kier molecular flexibility index (Phi) is 2.35. The first-order chi connectivity index (χ1) is 8.18. The highest BCUT2D eigenvalue weighted by Gasteiger charge is 2.41. The van der Waals surface area contributed by atoms with Gasteiger partial charge in [0.2, 0.25) is 0 Å². The fourth-order valence-electron chi connectivity index (χ4n) is 3.37. The van der Waals surface area contributed by atoms with E-state index in [0.29, 0.717) is 0 Å². The predicted octanol–water partition coefficient (Wildman–Crippen LogP) is 2.22. The summed E-state index contributed by atoms with van der Waals surface area (Å²) in [6, 6.07) is 6.56. The summed E-state index contributed by atoms with van der Waals surface area (Å²) < 4.78 is 0. The van der Waals surface area contributed by atoms with Crippen LogP contribution in [0.1, 0.15) is 24.0 Å². The third kappa shape index (κ3) is 1.53. The van der Waals surface area contributed by atoms with E-state index in [4.69, 9.17) is 0 Å². The van der Waals surface area contributed by atoms with Crippen LogP contribution in [0, 0.1) is 12.8 Å². The van der Waals surface area contributed by atoms with Gasteiger partial charge in [0.05, 0.1) is 5.92 Å². The highest BCUT2D eigenvalue weighted by atomic mass is 16.4. The number of benzene rings is 1. The zero-order valence-electron chi connectivity index (χ0n) is 10.0. The van der Waals surface area contributed by atoms with Crippen LogP contribution in [0.5, 0.6) is 0 Å². The van der Waals surface area contributed by atoms with Crippen molar-refractivity contribution in [3.8, 4) is 0 Å². The van der Waals surface area contributed by atoms with Crippen molar-refractivity contribution in [2.24, 2.45) is 5.92 Å². The number of hydrogen-bond donors (Lipinski definition) is 1. The minimum atomic E-state index is -0.631. The quantitative estimate of drug-likeness (QED) is 0.805. The molecule has 0 aliphatic carbocycles. The molecule has 1 saturated heterocycles. The van der Waals surface area contributed by atoms with E-state index in [2.05, 4.69) is 30.0 Å². The molecule has 2 heterocycles. The molecule has 17 heavy (non-hydrogen) atoms. The zero-order valence-corrected chi connectivity index (χ0v) is 10.0. The van der Waals surface area contributed by atoms with Gasteiger partial charge in [-0.1, -0.05) is 12.1 Å². The van der Waals surface area contributed by atoms with Gasteiger partial charge in [-0.2, -0.15) is 0 Å². The number of anilines is 1. The maximum atomic E-state index is 11.2. The van der Waals surface area contributed by atoms with E-state index in [0.717, 1.165) is 25.8 Å². The van der Waals surface area contributed by atoms with E-state index in [1.165, 1.54) is 16.8 Å². The van der Waals surface area contributed by atoms with Gasteiger partial charge < -0.3 is 10.0 Å². The van der Waals surface area contributed by atoms with Gasteiger partial charge in [-0.3, -0.25) is 4.79 Å². The first-order valence-electron chi connectivity index (χ1n) is 6.26. The molecule has 3 rings (SSSR count). The zero-order chi connectivity index (χ0) is 12.0. The molecule has 90 valence electrons. The minimum absolute atomic E-state index is 0.177. The fourth-order valence-corrected chi connectivity index (χ4v) is 3.37. The second-order valence-electron chi connectivity index (χ2n) is 5.11. The molecule has 0 aromatic heterocycles. The number of nitrogens with zero attached hydrogens (tertiary/aromatic N) is 1. The average Bonchev–Trinajstić information content (AvgIpc) is 2.73. The number of hydrogen-bond acceptors (Lipinski definition) is 2. The second-order valence-corrected chi connectivity index (χ2v) is 5.11. The Hall–Kier alpha value is -1.51. The van der Waals surface area contributed by atoms with E-state index >= 15 is 0 Å². The summed E-state index contributed by atoms with van der Waals surface area (Å²) in [5.41, 5.74) is 4.01. The van der Waals surface area contributed by atoms with Gasteiger partial charge in [-0.05, 0) is 43.4 Å². The van der Waals surface area contributed by atoms with Crippen LogP contribution in [0.15, 0.2) is 18.2 Å². The summed E-state index contributed by atoms with van der Waals surface area (Å²) in [5.74, 6) is -0.808. The Morgan fingerprint density at radius 1 is 1.41 bits per heavy atom. The van der Waals surface area contributed by atoms with Crippen molar-refractivity contribution in [1.29, 1.82) is 0 Å². The van der Waals surface area contributed by atoms with E-state index in [1.807, 2.05) is 0 Å². The molecule has 0 saturated carbocycles. The Morgan fingerprint density at radius 3 is 3.00 bits per heavy atom. The van der Waals surface area contributed by atoms with Crippen molar-refractivity contribution in [2.75, 3.05) is 11.4 Å². The van der Waals surface area contributed by atoms with Crippen molar-refractivity contribution in [3.05, 3.63) is 29.3 Å². The molecule has 1 aromatic carbocycles. The van der Waals surface area contributed by atoms with Crippen LogP contribution in [0.25, 0.3) is 0 Å². The Labute approximate surface area is 101 Å². The van der Waals surface area contributed by atoms with Crippen LogP contribution in [0.4, 0.5) is 5.69 Å². The Morgan fingerprint density at radius 2 is 2.24 bits per heavy atom. The van der Waals surface area contributed by atoms with Crippen LogP contribution in [-0.4, -0.2) is 23.7 Å². The Balaban J connectivity index is 1.99. The van der Waals surface area contributed by atoms with Gasteiger partial charge in [0.15, 0.2) is 0 Å². The van der Waals surface area contributed by atoms with Crippen LogP contribution in [0.2, 0.25) is 0 Å². The third-order valence-electron chi connectivity index (χ3n) is 4.25. The van der Waals surface area contributed by atoms with Gasteiger partial charge in [-0.15, -0.1) is 0 Å². The lowest BCUT2D eigenvalue weighted by molar-refractivity contribution is -0.141. The van der Waals surface area contributed by atoms with Gasteiger partial charge in [-0.25, -0.2) is 0 Å². The highest BCUT2D eigenvalue weighted by molar-refractivity contribution is 5.74. The number of carboxylic acids is 1. The summed E-state index contributed by atoms with van der Waals surface area (Å²) in [5, 5.41) is 9.23. The van der Waals surface area contributed by atoms with Gasteiger partial charge >= 0.3 is 5.97 Å². The molecule has 1 N–H and O–H groups in total. The third-order valence-corrected chi connectivity index (χ3v) is 4.25. The molecule has 2 atom stereocenters. The normalized spacial score (nSPS) is 26.5. The lowest BCUT2D eigenvalue weighted by Gasteiger charge is -2.35. The number of carboxylic acid groups (broad SMARTS) is 1. The van der Waals surface area contributed by atoms with E-state index in [9.17, 15) is 9.90 Å². The van der Waals surface area contributed by atoms with Crippen molar-refractivity contribution < 1.29 is 9.90 Å². The number of aliphatic carboxylic acids is 1. The van der Waals surface area contributed by atoms with E-state index < -0.39 is 5.97 Å². The summed E-state index contributed by atoms with van der Waals surface area (Å²) in [6.07, 6.45) is 2.79. The summed E-state index contributed by atoms with van der Waals surface area (Å²) in [4.78, 5) is 13.5. The molecule has 0 spiro atoms. The van der Waals surface area contributed by atoms with E-state index in [-0.39, 0.29) is 12.0 Å². The van der Waals surface area contributed by atoms with Crippen LogP contribution in [-0.2, 0) is 11.2 Å². The molecule has 1 aromatic rings. The first kappa shape index (κ1) is 10.6. The predicted molar refractivity (Wildman–Crippen MR) is 66.4 cm³/mol. The largest absolute Gasteiger partial charge is 0.481 e. The molecule has 3 heteroatoms. The lowest BCUT2D eigenvalue weighted by Crippen LogP contribution is -2.39. The van der Waals surface area contributed by atoms with Crippen LogP contribution >= 0.6 is 0 Å².